The van der Waals surface area contributed by atoms with Gasteiger partial charge in [-0.2, -0.15) is 0 Å². The summed E-state index contributed by atoms with van der Waals surface area (Å²) in [4.78, 5) is 185. The largest absolute Gasteiger partial charge is 0.463 e. The van der Waals surface area contributed by atoms with E-state index in [0.29, 0.717) is 12.8 Å². The van der Waals surface area contributed by atoms with Crippen molar-refractivity contribution in [3.05, 3.63) is 12.2 Å². The molecule has 0 aliphatic carbocycles. The summed E-state index contributed by atoms with van der Waals surface area (Å²) in [5.41, 5.74) is 0. The van der Waals surface area contributed by atoms with Crippen LogP contribution in [0.25, 0.3) is 0 Å². The van der Waals surface area contributed by atoms with Crippen LogP contribution in [-0.2, 0) is 67.0 Å². The standard InChI is InChI=1S/C67H117N11O14S/c1-27-29-30-43(15)57(92-46(18)80)56-67(90)73(21)48(28-2)62(85)71(19)35-53(81)72(20)50(32-38(5)6)60(93)70-54(41(11)12)65(88)74(22)49(31-37(3)4)59(83)68-44(16)58(82)69-47(36-91-45(17)79)61(84)75(23)51(33-39(7)8)63(86)76(24)52(34-40(9)10)64(87)77(25)55(42(13)14)66(89)78(56)26/h27,29,37-44,47-52,54-57H,28,30-36H2,1-26H3,(H,68,83)(H,69,82)(H,70,93)/b29-27+/t43-,44+,47-,48+,49+,50+,51+,52+,54+,55+,56+,57-/m1/s1. The number of esters is 2. The molecular weight excluding hydrogens is 1210 g/mol. The first-order valence-corrected chi connectivity index (χ1v) is 33.3. The highest BCUT2D eigenvalue weighted by Crippen LogP contribution is 2.28. The van der Waals surface area contributed by atoms with Gasteiger partial charge in [-0.3, -0.25) is 57.5 Å². The van der Waals surface area contributed by atoms with E-state index in [2.05, 4.69) is 16.0 Å². The van der Waals surface area contributed by atoms with Crippen LogP contribution in [0.3, 0.4) is 0 Å². The van der Waals surface area contributed by atoms with Crippen molar-refractivity contribution in [3.63, 3.8) is 0 Å². The third kappa shape index (κ3) is 24.2. The SMILES string of the molecule is C/C=C/C[C@@H](C)[C@@H](OC(C)=O)[C@H]1C(=O)N(C)[C@@H](CC)C(=O)N(C)CC(=O)N(C)[C@@H](CC(C)C)C(=S)N[C@@H](C(C)C)C(=O)N(C)[C@@H](CC(C)C)C(=O)N[C@@H](C)C(=O)N[C@H](COC(C)=O)C(=O)N(C)[C@@H](CC(C)C)C(=O)N(C)[C@@H](CC(C)C)C(=O)N(C)[C@@H](C(C)C)C(=O)N1C. The van der Waals surface area contributed by atoms with Gasteiger partial charge >= 0.3 is 11.9 Å². The summed E-state index contributed by atoms with van der Waals surface area (Å²) in [5, 5.41) is 8.54. The van der Waals surface area contributed by atoms with Gasteiger partial charge in [0.25, 0.3) is 0 Å². The van der Waals surface area contributed by atoms with E-state index < -0.39 is 168 Å². The van der Waals surface area contributed by atoms with Crippen LogP contribution < -0.4 is 16.0 Å². The number of carbonyl (C=O) groups is 12. The Labute approximate surface area is 560 Å². The monoisotopic (exact) mass is 1330 g/mol. The first-order chi connectivity index (χ1) is 42.9. The number of nitrogens with zero attached hydrogens (tertiary/aromatic N) is 8. The van der Waals surface area contributed by atoms with Crippen LogP contribution in [0.2, 0.25) is 0 Å². The van der Waals surface area contributed by atoms with Crippen molar-refractivity contribution in [2.75, 3.05) is 69.5 Å². The molecule has 1 fully saturated rings. The Hall–Kier alpha value is -6.73. The van der Waals surface area contributed by atoms with Gasteiger partial charge in [0.05, 0.1) is 17.6 Å². The molecule has 12 atom stereocenters. The average molecular weight is 1330 g/mol. The number of hydrogen-bond donors (Lipinski definition) is 3. The molecule has 93 heavy (non-hydrogen) atoms. The molecule has 1 saturated heterocycles. The van der Waals surface area contributed by atoms with Gasteiger partial charge in [-0.1, -0.05) is 121 Å². The van der Waals surface area contributed by atoms with Gasteiger partial charge in [0.1, 0.15) is 67.1 Å². The predicted octanol–water partition coefficient (Wildman–Crippen LogP) is 4.53. The molecule has 1 aliphatic rings. The van der Waals surface area contributed by atoms with Gasteiger partial charge in [0, 0.05) is 70.2 Å². The number of amides is 10. The summed E-state index contributed by atoms with van der Waals surface area (Å²) in [6.07, 6.45) is 3.24. The fourth-order valence-corrected chi connectivity index (χ4v) is 12.0. The van der Waals surface area contributed by atoms with Crippen molar-refractivity contribution in [1.29, 1.82) is 0 Å². The Balaban J connectivity index is 4.61. The third-order valence-electron chi connectivity index (χ3n) is 17.1. The second kappa shape index (κ2) is 38.6. The van der Waals surface area contributed by atoms with Gasteiger partial charge in [-0.15, -0.1) is 0 Å². The van der Waals surface area contributed by atoms with Crippen molar-refractivity contribution in [1.82, 2.24) is 55.1 Å². The molecule has 0 unspecified atom stereocenters. The summed E-state index contributed by atoms with van der Waals surface area (Å²) in [6, 6.07) is -12.6. The lowest BCUT2D eigenvalue weighted by atomic mass is 9.90. The van der Waals surface area contributed by atoms with Gasteiger partial charge in [-0.05, 0) is 93.8 Å². The molecule has 0 saturated carbocycles. The maximum absolute atomic E-state index is 15.6. The van der Waals surface area contributed by atoms with E-state index in [-0.39, 0.29) is 54.3 Å². The van der Waals surface area contributed by atoms with Crippen LogP contribution in [0.4, 0.5) is 0 Å². The quantitative estimate of drug-likeness (QED) is 0.0966. The molecule has 10 amide bonds. The zero-order valence-electron chi connectivity index (χ0n) is 60.9. The Bertz CT molecular complexity index is 2630. The summed E-state index contributed by atoms with van der Waals surface area (Å²) in [7, 11) is 11.4. The Morgan fingerprint density at radius 3 is 1.41 bits per heavy atom. The highest BCUT2D eigenvalue weighted by atomic mass is 32.1. The van der Waals surface area contributed by atoms with E-state index in [4.69, 9.17) is 21.7 Å². The first kappa shape index (κ1) is 84.3. The molecule has 26 heteroatoms. The molecule has 0 radical (unpaired) electrons. The highest BCUT2D eigenvalue weighted by Gasteiger charge is 2.48. The predicted molar refractivity (Wildman–Crippen MR) is 361 cm³/mol. The smallest absolute Gasteiger partial charge is 0.303 e. The topological polar surface area (TPSA) is 285 Å². The van der Waals surface area contributed by atoms with Gasteiger partial charge in [0.2, 0.25) is 59.1 Å². The van der Waals surface area contributed by atoms with E-state index in [1.54, 1.807) is 54.5 Å². The fourth-order valence-electron chi connectivity index (χ4n) is 11.6. The number of allylic oxidation sites excluding steroid dienone is 2. The van der Waals surface area contributed by atoms with Crippen molar-refractivity contribution >= 4 is 88.2 Å². The van der Waals surface area contributed by atoms with Crippen molar-refractivity contribution in [2.24, 2.45) is 41.4 Å². The number of likely N-dealkylation sites (N-methyl/N-ethyl adjacent to an activating group) is 8. The number of thiocarbonyl (C=S) groups is 1. The molecule has 1 aliphatic heterocycles. The molecule has 0 aromatic carbocycles. The van der Waals surface area contributed by atoms with Gasteiger partial charge in [0.15, 0.2) is 0 Å². The van der Waals surface area contributed by atoms with Crippen LogP contribution in [-0.4, -0.2) is 251 Å². The molecule has 3 N–H and O–H groups in total. The number of nitrogens with one attached hydrogen (secondary N) is 3. The zero-order chi connectivity index (χ0) is 72.1. The summed E-state index contributed by atoms with van der Waals surface area (Å²) in [5.74, 6) is -10.9. The molecule has 0 aromatic heterocycles. The maximum atomic E-state index is 15.6. The number of hydrogen-bond acceptors (Lipinski definition) is 15. The Kier molecular flexibility index (Phi) is 35.0. The van der Waals surface area contributed by atoms with E-state index >= 15 is 19.2 Å². The minimum atomic E-state index is -1.60. The fraction of sp³-hybridized carbons (Fsp3) is 0.776. The molecule has 25 nitrogen and oxygen atoms in total. The molecule has 0 spiro atoms. The lowest BCUT2D eigenvalue weighted by molar-refractivity contribution is -0.167. The molecule has 1 rings (SSSR count). The maximum Gasteiger partial charge on any atom is 0.303 e. The molecule has 0 aromatic rings. The van der Waals surface area contributed by atoms with Crippen LogP contribution >= 0.6 is 12.2 Å². The van der Waals surface area contributed by atoms with E-state index in [1.165, 1.54) is 99.6 Å². The van der Waals surface area contributed by atoms with Crippen molar-refractivity contribution in [3.8, 4) is 0 Å². The van der Waals surface area contributed by atoms with Gasteiger partial charge in [-0.25, -0.2) is 0 Å². The summed E-state index contributed by atoms with van der Waals surface area (Å²) in [6.45, 7) is 29.7. The molecule has 530 valence electrons. The first-order valence-electron chi connectivity index (χ1n) is 32.9. The van der Waals surface area contributed by atoms with Crippen LogP contribution in [0, 0.1) is 41.4 Å². The molecular formula is C67H117N11O14S. The van der Waals surface area contributed by atoms with E-state index in [1.807, 2.05) is 61.5 Å². The normalized spacial score (nSPS) is 25.6. The summed E-state index contributed by atoms with van der Waals surface area (Å²) >= 11 is 6.06. The second-order valence-electron chi connectivity index (χ2n) is 27.7. The minimum absolute atomic E-state index is 0.0368. The average Bonchev–Trinajstić information content (AvgIpc) is 0.799. The number of rotatable bonds is 18. The number of carbonyl (C=O) groups excluding carboxylic acids is 12. The van der Waals surface area contributed by atoms with Crippen LogP contribution in [0.15, 0.2) is 12.2 Å². The molecule has 1 heterocycles. The summed E-state index contributed by atoms with van der Waals surface area (Å²) < 4.78 is 11.3. The lowest BCUT2D eigenvalue weighted by Gasteiger charge is -2.43. The third-order valence-corrected chi connectivity index (χ3v) is 17.5. The van der Waals surface area contributed by atoms with Crippen molar-refractivity contribution in [2.45, 2.75) is 230 Å². The Morgan fingerprint density at radius 2 is 0.957 bits per heavy atom. The Morgan fingerprint density at radius 1 is 0.516 bits per heavy atom. The lowest BCUT2D eigenvalue weighted by Crippen LogP contribution is -2.64. The zero-order valence-corrected chi connectivity index (χ0v) is 61.7. The van der Waals surface area contributed by atoms with Crippen LogP contribution in [0.5, 0.6) is 0 Å². The van der Waals surface area contributed by atoms with E-state index in [9.17, 15) is 38.4 Å². The highest BCUT2D eigenvalue weighted by molar-refractivity contribution is 7.80. The van der Waals surface area contributed by atoms with E-state index in [0.717, 1.165) is 16.7 Å². The molecule has 0 bridgehead atoms. The van der Waals surface area contributed by atoms with Crippen molar-refractivity contribution < 1.29 is 67.0 Å². The second-order valence-corrected chi connectivity index (χ2v) is 28.2. The van der Waals surface area contributed by atoms with Gasteiger partial charge < -0.3 is 64.6 Å². The number of ether oxygens (including phenoxy) is 2. The minimum Gasteiger partial charge on any atom is -0.463 e. The van der Waals surface area contributed by atoms with Crippen LogP contribution in [0.1, 0.15) is 163 Å².